The lowest BCUT2D eigenvalue weighted by molar-refractivity contribution is 0.349. The van der Waals surface area contributed by atoms with Crippen molar-refractivity contribution in [1.82, 2.24) is 0 Å². The van der Waals surface area contributed by atoms with E-state index in [1.54, 1.807) is 0 Å². The summed E-state index contributed by atoms with van der Waals surface area (Å²) in [6.07, 6.45) is 8.19. The molecule has 1 aromatic rings. The number of anilines is 2. The van der Waals surface area contributed by atoms with Crippen LogP contribution in [0.1, 0.15) is 45.4 Å². The molecule has 2 heteroatoms. The lowest BCUT2D eigenvalue weighted by Gasteiger charge is -2.30. The van der Waals surface area contributed by atoms with Crippen LogP contribution in [0.2, 0.25) is 0 Å². The molecule has 0 spiro atoms. The predicted molar refractivity (Wildman–Crippen MR) is 82.9 cm³/mol. The number of benzene rings is 1. The van der Waals surface area contributed by atoms with Gasteiger partial charge in [0.05, 0.1) is 0 Å². The van der Waals surface area contributed by atoms with E-state index in [-0.39, 0.29) is 0 Å². The molecule has 2 nitrogen and oxygen atoms in total. The molecule has 0 radical (unpaired) electrons. The van der Waals surface area contributed by atoms with E-state index in [1.165, 1.54) is 63.0 Å². The van der Waals surface area contributed by atoms with Gasteiger partial charge in [-0.3, -0.25) is 0 Å². The molecule has 0 aromatic heterocycles. The number of rotatable bonds is 3. The fraction of sp³-hybridized carbons (Fsp3) is 0.647. The van der Waals surface area contributed by atoms with E-state index >= 15 is 0 Å². The Morgan fingerprint density at radius 3 is 2.32 bits per heavy atom. The zero-order chi connectivity index (χ0) is 13.1. The largest absolute Gasteiger partial charge is 0.382 e. The SMILES string of the molecule is CC1CCCCC1Nc1ccc(N2CCCC2)cc1. The molecule has 1 heterocycles. The summed E-state index contributed by atoms with van der Waals surface area (Å²) in [7, 11) is 0. The Labute approximate surface area is 117 Å². The van der Waals surface area contributed by atoms with E-state index in [1.807, 2.05) is 0 Å². The highest BCUT2D eigenvalue weighted by Crippen LogP contribution is 2.28. The van der Waals surface area contributed by atoms with Gasteiger partial charge in [-0.1, -0.05) is 19.8 Å². The molecule has 1 saturated heterocycles. The van der Waals surface area contributed by atoms with Crippen LogP contribution in [-0.4, -0.2) is 19.1 Å². The van der Waals surface area contributed by atoms with Gasteiger partial charge in [-0.05, 0) is 55.9 Å². The highest BCUT2D eigenvalue weighted by Gasteiger charge is 2.21. The fourth-order valence-electron chi connectivity index (χ4n) is 3.49. The summed E-state index contributed by atoms with van der Waals surface area (Å²) in [6, 6.07) is 9.75. The van der Waals surface area contributed by atoms with Gasteiger partial charge < -0.3 is 10.2 Å². The number of hydrogen-bond acceptors (Lipinski definition) is 2. The summed E-state index contributed by atoms with van der Waals surface area (Å²) in [5.74, 6) is 0.812. The third kappa shape index (κ3) is 3.05. The minimum Gasteiger partial charge on any atom is -0.382 e. The van der Waals surface area contributed by atoms with Gasteiger partial charge in [0.15, 0.2) is 0 Å². The van der Waals surface area contributed by atoms with Crippen LogP contribution in [0.15, 0.2) is 24.3 Å². The molecule has 1 N–H and O–H groups in total. The molecule has 2 fully saturated rings. The molecule has 1 aliphatic carbocycles. The molecule has 0 amide bonds. The molecular weight excluding hydrogens is 232 g/mol. The minimum atomic E-state index is 0.673. The fourth-order valence-corrected chi connectivity index (χ4v) is 3.49. The minimum absolute atomic E-state index is 0.673. The molecule has 19 heavy (non-hydrogen) atoms. The Morgan fingerprint density at radius 2 is 1.63 bits per heavy atom. The van der Waals surface area contributed by atoms with E-state index in [0.717, 1.165) is 5.92 Å². The van der Waals surface area contributed by atoms with Gasteiger partial charge in [0.1, 0.15) is 0 Å². The van der Waals surface area contributed by atoms with Gasteiger partial charge in [-0.2, -0.15) is 0 Å². The smallest absolute Gasteiger partial charge is 0.0367 e. The van der Waals surface area contributed by atoms with Crippen LogP contribution in [0.25, 0.3) is 0 Å². The number of nitrogens with zero attached hydrogens (tertiary/aromatic N) is 1. The Morgan fingerprint density at radius 1 is 0.947 bits per heavy atom. The topological polar surface area (TPSA) is 15.3 Å². The van der Waals surface area contributed by atoms with Crippen LogP contribution in [-0.2, 0) is 0 Å². The average Bonchev–Trinajstić information content (AvgIpc) is 2.96. The monoisotopic (exact) mass is 258 g/mol. The van der Waals surface area contributed by atoms with E-state index in [9.17, 15) is 0 Å². The summed E-state index contributed by atoms with van der Waals surface area (Å²) in [6.45, 7) is 4.84. The highest BCUT2D eigenvalue weighted by molar-refractivity contribution is 5.55. The first-order valence-corrected chi connectivity index (χ1v) is 7.94. The molecule has 2 unspecified atom stereocenters. The highest BCUT2D eigenvalue weighted by atomic mass is 15.1. The van der Waals surface area contributed by atoms with E-state index < -0.39 is 0 Å². The summed E-state index contributed by atoms with van der Waals surface area (Å²) in [4.78, 5) is 2.49. The van der Waals surface area contributed by atoms with Crippen molar-refractivity contribution in [2.75, 3.05) is 23.3 Å². The van der Waals surface area contributed by atoms with Gasteiger partial charge >= 0.3 is 0 Å². The van der Waals surface area contributed by atoms with Gasteiger partial charge in [-0.15, -0.1) is 0 Å². The van der Waals surface area contributed by atoms with Crippen LogP contribution >= 0.6 is 0 Å². The zero-order valence-electron chi connectivity index (χ0n) is 12.1. The second-order valence-electron chi connectivity index (χ2n) is 6.25. The average molecular weight is 258 g/mol. The standard InChI is InChI=1S/C17H26N2/c1-14-6-2-3-7-17(14)18-15-8-10-16(11-9-15)19-12-4-5-13-19/h8-11,14,17-18H,2-7,12-13H2,1H3. The van der Waals surface area contributed by atoms with Crippen LogP contribution < -0.4 is 10.2 Å². The molecule has 3 rings (SSSR count). The van der Waals surface area contributed by atoms with Gasteiger partial charge in [0.2, 0.25) is 0 Å². The first-order valence-electron chi connectivity index (χ1n) is 7.94. The van der Waals surface area contributed by atoms with Crippen LogP contribution in [0.4, 0.5) is 11.4 Å². The van der Waals surface area contributed by atoms with Crippen molar-refractivity contribution in [2.24, 2.45) is 5.92 Å². The second kappa shape index (κ2) is 5.85. The number of hydrogen-bond donors (Lipinski definition) is 1. The molecule has 2 aliphatic rings. The van der Waals surface area contributed by atoms with Crippen LogP contribution in [0.5, 0.6) is 0 Å². The third-order valence-electron chi connectivity index (χ3n) is 4.80. The van der Waals surface area contributed by atoms with Crippen LogP contribution in [0.3, 0.4) is 0 Å². The van der Waals surface area contributed by atoms with Crippen molar-refractivity contribution in [3.8, 4) is 0 Å². The summed E-state index contributed by atoms with van der Waals surface area (Å²) < 4.78 is 0. The molecule has 104 valence electrons. The predicted octanol–water partition coefficient (Wildman–Crippen LogP) is 4.28. The molecule has 2 atom stereocenters. The van der Waals surface area contributed by atoms with Crippen molar-refractivity contribution < 1.29 is 0 Å². The van der Waals surface area contributed by atoms with Crippen molar-refractivity contribution in [3.05, 3.63) is 24.3 Å². The molecule has 1 aromatic carbocycles. The maximum absolute atomic E-state index is 3.73. The first-order chi connectivity index (χ1) is 9.33. The third-order valence-corrected chi connectivity index (χ3v) is 4.80. The van der Waals surface area contributed by atoms with Gasteiger partial charge in [0, 0.05) is 30.5 Å². The summed E-state index contributed by atoms with van der Waals surface area (Å²) in [5, 5.41) is 3.73. The lowest BCUT2D eigenvalue weighted by atomic mass is 9.86. The van der Waals surface area contributed by atoms with Crippen LogP contribution in [0, 0.1) is 5.92 Å². The van der Waals surface area contributed by atoms with Crippen molar-refractivity contribution >= 4 is 11.4 Å². The molecule has 0 bridgehead atoms. The quantitative estimate of drug-likeness (QED) is 0.870. The van der Waals surface area contributed by atoms with E-state index in [0.29, 0.717) is 6.04 Å². The molecule has 1 aliphatic heterocycles. The Bertz CT molecular complexity index is 392. The summed E-state index contributed by atoms with van der Waals surface area (Å²) in [5.41, 5.74) is 2.68. The Kier molecular flexibility index (Phi) is 3.95. The zero-order valence-corrected chi connectivity index (χ0v) is 12.1. The normalized spacial score (nSPS) is 27.5. The Hall–Kier alpha value is -1.18. The molecular formula is C17H26N2. The van der Waals surface area contributed by atoms with E-state index in [2.05, 4.69) is 41.4 Å². The maximum atomic E-state index is 3.73. The van der Waals surface area contributed by atoms with E-state index in [4.69, 9.17) is 0 Å². The van der Waals surface area contributed by atoms with Crippen molar-refractivity contribution in [1.29, 1.82) is 0 Å². The maximum Gasteiger partial charge on any atom is 0.0367 e. The molecule has 1 saturated carbocycles. The van der Waals surface area contributed by atoms with Crippen molar-refractivity contribution in [3.63, 3.8) is 0 Å². The second-order valence-corrected chi connectivity index (χ2v) is 6.25. The van der Waals surface area contributed by atoms with Crippen molar-refractivity contribution in [2.45, 2.75) is 51.5 Å². The van der Waals surface area contributed by atoms with Gasteiger partial charge in [-0.25, -0.2) is 0 Å². The Balaban J connectivity index is 1.62. The number of nitrogens with one attached hydrogen (secondary N) is 1. The first kappa shape index (κ1) is 12.8. The summed E-state index contributed by atoms with van der Waals surface area (Å²) >= 11 is 0. The lowest BCUT2D eigenvalue weighted by Crippen LogP contribution is -2.30. The van der Waals surface area contributed by atoms with Gasteiger partial charge in [0.25, 0.3) is 0 Å².